The van der Waals surface area contributed by atoms with Crippen LogP contribution in [0.2, 0.25) is 5.28 Å². The molecule has 0 aliphatic carbocycles. The molecule has 2 aromatic heterocycles. The highest BCUT2D eigenvalue weighted by Gasteiger charge is 2.15. The average molecular weight is 397 g/mol. The fourth-order valence-electron chi connectivity index (χ4n) is 3.97. The molecule has 6 rings (SSSR count). The Labute approximate surface area is 170 Å². The van der Waals surface area contributed by atoms with Crippen LogP contribution in [0.5, 0.6) is 0 Å². The molecule has 0 saturated carbocycles. The van der Waals surface area contributed by atoms with Gasteiger partial charge in [-0.15, -0.1) is 11.3 Å². The van der Waals surface area contributed by atoms with Crippen LogP contribution in [-0.2, 0) is 0 Å². The lowest BCUT2D eigenvalue weighted by Gasteiger charge is -2.08. The Morgan fingerprint density at radius 1 is 0.679 bits per heavy atom. The summed E-state index contributed by atoms with van der Waals surface area (Å²) in [5.74, 6) is 0. The standard InChI is InChI=1S/C24H13ClN2S/c25-24-26-22(21-19-7-3-4-8-20(19)28-23(21)27-24)16-11-12-18-15(13-16)10-9-14-5-1-2-6-17(14)18/h1-13H. The van der Waals surface area contributed by atoms with Gasteiger partial charge in [0.2, 0.25) is 5.28 Å². The van der Waals surface area contributed by atoms with Gasteiger partial charge in [0.25, 0.3) is 0 Å². The third kappa shape index (κ3) is 2.34. The minimum absolute atomic E-state index is 0.285. The molecule has 0 saturated heterocycles. The molecule has 0 atom stereocenters. The normalized spacial score (nSPS) is 11.8. The Hall–Kier alpha value is -3.01. The quantitative estimate of drug-likeness (QED) is 0.213. The van der Waals surface area contributed by atoms with Crippen molar-refractivity contribution in [1.82, 2.24) is 9.97 Å². The Kier molecular flexibility index (Phi) is 3.42. The molecule has 2 heterocycles. The van der Waals surface area contributed by atoms with Crippen molar-refractivity contribution in [2.45, 2.75) is 0 Å². The van der Waals surface area contributed by atoms with E-state index in [9.17, 15) is 0 Å². The van der Waals surface area contributed by atoms with Crippen molar-refractivity contribution < 1.29 is 0 Å². The number of benzene rings is 4. The Balaban J connectivity index is 1.69. The molecule has 0 radical (unpaired) electrons. The number of halogens is 1. The van der Waals surface area contributed by atoms with Gasteiger partial charge in [0.1, 0.15) is 4.83 Å². The van der Waals surface area contributed by atoms with Crippen LogP contribution >= 0.6 is 22.9 Å². The van der Waals surface area contributed by atoms with E-state index in [0.717, 1.165) is 21.5 Å². The second kappa shape index (κ2) is 5.99. The summed E-state index contributed by atoms with van der Waals surface area (Å²) >= 11 is 7.94. The van der Waals surface area contributed by atoms with Crippen molar-refractivity contribution in [3.8, 4) is 11.3 Å². The number of rotatable bonds is 1. The van der Waals surface area contributed by atoms with Crippen LogP contribution in [0.1, 0.15) is 0 Å². The molecule has 4 heteroatoms. The van der Waals surface area contributed by atoms with Crippen LogP contribution in [0.3, 0.4) is 0 Å². The van der Waals surface area contributed by atoms with Gasteiger partial charge < -0.3 is 0 Å². The van der Waals surface area contributed by atoms with Crippen LogP contribution < -0.4 is 0 Å². The molecule has 4 aromatic carbocycles. The van der Waals surface area contributed by atoms with E-state index in [1.165, 1.54) is 31.6 Å². The predicted molar refractivity (Wildman–Crippen MR) is 120 cm³/mol. The van der Waals surface area contributed by atoms with E-state index < -0.39 is 0 Å². The van der Waals surface area contributed by atoms with E-state index in [4.69, 9.17) is 11.6 Å². The maximum absolute atomic E-state index is 6.28. The molecule has 0 unspecified atom stereocenters. The topological polar surface area (TPSA) is 25.8 Å². The molecule has 0 amide bonds. The van der Waals surface area contributed by atoms with Crippen LogP contribution in [-0.4, -0.2) is 9.97 Å². The molecule has 0 bridgehead atoms. The Bertz CT molecular complexity index is 1530. The smallest absolute Gasteiger partial charge is 0.217 e. The summed E-state index contributed by atoms with van der Waals surface area (Å²) in [4.78, 5) is 10.0. The van der Waals surface area contributed by atoms with E-state index >= 15 is 0 Å². The maximum Gasteiger partial charge on any atom is 0.224 e. The van der Waals surface area contributed by atoms with Crippen LogP contribution in [0.15, 0.2) is 78.9 Å². The molecule has 2 nitrogen and oxygen atoms in total. The minimum Gasteiger partial charge on any atom is -0.217 e. The number of aromatic nitrogens is 2. The summed E-state index contributed by atoms with van der Waals surface area (Å²) in [6.45, 7) is 0. The van der Waals surface area contributed by atoms with Gasteiger partial charge in [-0.25, -0.2) is 9.97 Å². The van der Waals surface area contributed by atoms with Crippen molar-refractivity contribution in [3.63, 3.8) is 0 Å². The number of nitrogens with zero attached hydrogens (tertiary/aromatic N) is 2. The first-order valence-corrected chi connectivity index (χ1v) is 10.2. The van der Waals surface area contributed by atoms with Gasteiger partial charge >= 0.3 is 0 Å². The molecular formula is C24H13ClN2S. The lowest BCUT2D eigenvalue weighted by atomic mass is 9.98. The molecule has 0 aliphatic heterocycles. The van der Waals surface area contributed by atoms with Crippen molar-refractivity contribution >= 4 is 64.8 Å². The minimum atomic E-state index is 0.285. The van der Waals surface area contributed by atoms with Crippen molar-refractivity contribution in [2.75, 3.05) is 0 Å². The summed E-state index contributed by atoms with van der Waals surface area (Å²) in [5, 5.41) is 7.48. The zero-order valence-electron chi connectivity index (χ0n) is 14.7. The Morgan fingerprint density at radius 3 is 2.36 bits per heavy atom. The zero-order valence-corrected chi connectivity index (χ0v) is 16.3. The second-order valence-corrected chi connectivity index (χ2v) is 8.21. The number of hydrogen-bond donors (Lipinski definition) is 0. The molecule has 0 fully saturated rings. The van der Waals surface area contributed by atoms with Gasteiger partial charge in [0, 0.05) is 21.0 Å². The third-order valence-corrected chi connectivity index (χ3v) is 6.46. The van der Waals surface area contributed by atoms with E-state index in [0.29, 0.717) is 0 Å². The molecule has 0 spiro atoms. The monoisotopic (exact) mass is 396 g/mol. The maximum atomic E-state index is 6.28. The van der Waals surface area contributed by atoms with Crippen LogP contribution in [0.25, 0.3) is 53.1 Å². The third-order valence-electron chi connectivity index (χ3n) is 5.23. The largest absolute Gasteiger partial charge is 0.224 e. The molecule has 28 heavy (non-hydrogen) atoms. The van der Waals surface area contributed by atoms with Gasteiger partial charge in [0.05, 0.1) is 5.69 Å². The van der Waals surface area contributed by atoms with E-state index in [1.807, 2.05) is 6.07 Å². The van der Waals surface area contributed by atoms with E-state index in [-0.39, 0.29) is 5.28 Å². The summed E-state index contributed by atoms with van der Waals surface area (Å²) in [6, 6.07) is 27.7. The molecule has 0 N–H and O–H groups in total. The van der Waals surface area contributed by atoms with Gasteiger partial charge in [-0.2, -0.15) is 0 Å². The fourth-order valence-corrected chi connectivity index (χ4v) is 5.26. The lowest BCUT2D eigenvalue weighted by molar-refractivity contribution is 1.24. The molecule has 0 aliphatic rings. The average Bonchev–Trinajstić information content (AvgIpc) is 3.10. The highest BCUT2D eigenvalue weighted by atomic mass is 35.5. The van der Waals surface area contributed by atoms with Crippen molar-refractivity contribution in [1.29, 1.82) is 0 Å². The molecule has 6 aromatic rings. The van der Waals surface area contributed by atoms with Crippen molar-refractivity contribution in [3.05, 3.63) is 84.1 Å². The number of hydrogen-bond acceptors (Lipinski definition) is 3. The summed E-state index contributed by atoms with van der Waals surface area (Å²) in [5.41, 5.74) is 1.95. The predicted octanol–water partition coefficient (Wildman–Crippen LogP) is 7.47. The van der Waals surface area contributed by atoms with E-state index in [2.05, 4.69) is 82.8 Å². The van der Waals surface area contributed by atoms with Gasteiger partial charge in [0.15, 0.2) is 0 Å². The van der Waals surface area contributed by atoms with E-state index in [1.54, 1.807) is 11.3 Å². The summed E-state index contributed by atoms with van der Waals surface area (Å²) < 4.78 is 1.20. The second-order valence-electron chi connectivity index (χ2n) is 6.84. The van der Waals surface area contributed by atoms with Crippen molar-refractivity contribution in [2.24, 2.45) is 0 Å². The Morgan fingerprint density at radius 2 is 1.43 bits per heavy atom. The lowest BCUT2D eigenvalue weighted by Crippen LogP contribution is -1.89. The van der Waals surface area contributed by atoms with Crippen LogP contribution in [0.4, 0.5) is 0 Å². The van der Waals surface area contributed by atoms with Gasteiger partial charge in [-0.3, -0.25) is 0 Å². The number of thiophene rings is 1. The zero-order chi connectivity index (χ0) is 18.7. The fraction of sp³-hybridized carbons (Fsp3) is 0. The van der Waals surface area contributed by atoms with Crippen LogP contribution in [0, 0.1) is 0 Å². The first-order valence-electron chi connectivity index (χ1n) is 9.05. The van der Waals surface area contributed by atoms with Gasteiger partial charge in [-0.05, 0) is 45.3 Å². The first kappa shape index (κ1) is 16.0. The summed E-state index contributed by atoms with van der Waals surface area (Å²) in [7, 11) is 0. The van der Waals surface area contributed by atoms with Gasteiger partial charge in [-0.1, -0.05) is 66.7 Å². The SMILES string of the molecule is Clc1nc(-c2ccc3c(ccc4ccccc43)c2)c2c(n1)sc1ccccc12. The highest BCUT2D eigenvalue weighted by molar-refractivity contribution is 7.25. The highest BCUT2D eigenvalue weighted by Crippen LogP contribution is 2.39. The molecular weight excluding hydrogens is 384 g/mol. The molecule has 132 valence electrons. The summed E-state index contributed by atoms with van der Waals surface area (Å²) in [6.07, 6.45) is 0. The first-order chi connectivity index (χ1) is 13.8. The number of fused-ring (bicyclic) bond motifs is 6.